The molecule has 1 unspecified atom stereocenters. The van der Waals surface area contributed by atoms with E-state index in [1.165, 1.54) is 0 Å². The number of nitroso groups, excluding NO2 is 1. The molecule has 0 amide bonds. The first-order valence-electron chi connectivity index (χ1n) is 2.61. The van der Waals surface area contributed by atoms with Crippen molar-refractivity contribution in [1.82, 2.24) is 0 Å². The molecule has 0 saturated carbocycles. The van der Waals surface area contributed by atoms with Crippen molar-refractivity contribution in [1.29, 1.82) is 0 Å². The quantitative estimate of drug-likeness (QED) is 0.439. The van der Waals surface area contributed by atoms with Gasteiger partial charge in [-0.25, -0.2) is 0 Å². The van der Waals surface area contributed by atoms with Crippen molar-refractivity contribution in [3.05, 3.63) is 4.91 Å². The van der Waals surface area contributed by atoms with Gasteiger partial charge in [0.1, 0.15) is 0 Å². The minimum atomic E-state index is -1.82. The maximum Gasteiger partial charge on any atom is 0.262 e. The van der Waals surface area contributed by atoms with Crippen LogP contribution in [-0.2, 0) is 0 Å². The van der Waals surface area contributed by atoms with Crippen LogP contribution in [0.2, 0.25) is 0 Å². The molecule has 0 aromatic carbocycles. The smallest absolute Gasteiger partial charge is 0.262 e. The fourth-order valence-electron chi connectivity index (χ4n) is 0.298. The van der Waals surface area contributed by atoms with Gasteiger partial charge in [0.15, 0.2) is 0 Å². The van der Waals surface area contributed by atoms with Gasteiger partial charge in [-0.3, -0.25) is 0 Å². The van der Waals surface area contributed by atoms with Crippen LogP contribution in [-0.4, -0.2) is 10.8 Å². The van der Waals surface area contributed by atoms with Crippen molar-refractivity contribution in [3.8, 4) is 12.3 Å². The Hall–Kier alpha value is -0.880. The molecule has 0 spiro atoms. The predicted molar refractivity (Wildman–Crippen MR) is 34.4 cm³/mol. The van der Waals surface area contributed by atoms with Crippen molar-refractivity contribution in [3.63, 3.8) is 0 Å². The minimum absolute atomic E-state index is 0.333. The highest BCUT2D eigenvalue weighted by molar-refractivity contribution is 5.06. The molecule has 0 saturated heterocycles. The van der Waals surface area contributed by atoms with E-state index in [-0.39, 0.29) is 5.92 Å². The van der Waals surface area contributed by atoms with Crippen LogP contribution in [0.25, 0.3) is 0 Å². The summed E-state index contributed by atoms with van der Waals surface area (Å²) in [6.45, 7) is 3.25. The Balaban J connectivity index is 4.32. The largest absolute Gasteiger partial charge is 0.357 e. The Morgan fingerprint density at radius 1 is 1.78 bits per heavy atom. The molecular formula is C6H9NO2. The number of rotatable bonds is 2. The highest BCUT2D eigenvalue weighted by atomic mass is 16.4. The molecule has 0 aliphatic heterocycles. The van der Waals surface area contributed by atoms with E-state index in [1.54, 1.807) is 13.8 Å². The second-order valence-corrected chi connectivity index (χ2v) is 2.12. The molecule has 3 heteroatoms. The third-order valence-electron chi connectivity index (χ3n) is 1.16. The summed E-state index contributed by atoms with van der Waals surface area (Å²) in [6, 6.07) is 0. The van der Waals surface area contributed by atoms with E-state index in [2.05, 4.69) is 5.18 Å². The van der Waals surface area contributed by atoms with Gasteiger partial charge < -0.3 is 5.11 Å². The van der Waals surface area contributed by atoms with Crippen LogP contribution in [0.4, 0.5) is 0 Å². The van der Waals surface area contributed by atoms with E-state index < -0.39 is 5.72 Å². The molecule has 9 heavy (non-hydrogen) atoms. The maximum absolute atomic E-state index is 9.86. The molecule has 0 aliphatic rings. The van der Waals surface area contributed by atoms with Gasteiger partial charge in [0.2, 0.25) is 0 Å². The van der Waals surface area contributed by atoms with Crippen LogP contribution in [0.1, 0.15) is 13.8 Å². The number of hydrogen-bond donors (Lipinski definition) is 1. The molecule has 50 valence electrons. The summed E-state index contributed by atoms with van der Waals surface area (Å²) >= 11 is 0. The second-order valence-electron chi connectivity index (χ2n) is 2.12. The highest BCUT2D eigenvalue weighted by Crippen LogP contribution is 2.15. The van der Waals surface area contributed by atoms with E-state index in [9.17, 15) is 4.91 Å². The van der Waals surface area contributed by atoms with Gasteiger partial charge in [0.25, 0.3) is 5.72 Å². The molecule has 0 aromatic heterocycles. The summed E-state index contributed by atoms with van der Waals surface area (Å²) in [5, 5.41) is 11.4. The molecule has 3 nitrogen and oxygen atoms in total. The summed E-state index contributed by atoms with van der Waals surface area (Å²) in [6.07, 6.45) is 4.82. The number of aliphatic hydroxyl groups is 1. The van der Waals surface area contributed by atoms with E-state index in [1.807, 2.05) is 5.92 Å². The summed E-state index contributed by atoms with van der Waals surface area (Å²) in [5.41, 5.74) is -1.82. The van der Waals surface area contributed by atoms with Crippen molar-refractivity contribution in [2.45, 2.75) is 19.6 Å². The van der Waals surface area contributed by atoms with Crippen molar-refractivity contribution < 1.29 is 5.11 Å². The lowest BCUT2D eigenvalue weighted by Gasteiger charge is -2.15. The van der Waals surface area contributed by atoms with Gasteiger partial charge in [0.05, 0.1) is 0 Å². The summed E-state index contributed by atoms with van der Waals surface area (Å²) in [4.78, 5) is 9.86. The normalized spacial score (nSPS) is 16.3. The van der Waals surface area contributed by atoms with E-state index in [0.29, 0.717) is 0 Å². The average Bonchev–Trinajstić information content (AvgIpc) is 1.86. The van der Waals surface area contributed by atoms with Crippen LogP contribution in [0.15, 0.2) is 5.18 Å². The molecule has 0 heterocycles. The average molecular weight is 127 g/mol. The standard InChI is InChI=1S/C6H9NO2/c1-4-6(8,7-9)5(2)3/h1,5,8H,2-3H3. The van der Waals surface area contributed by atoms with Crippen LogP contribution < -0.4 is 0 Å². The Morgan fingerprint density at radius 2 is 2.22 bits per heavy atom. The summed E-state index contributed by atoms with van der Waals surface area (Å²) in [5.74, 6) is 1.57. The molecule has 0 bridgehead atoms. The molecule has 0 rings (SSSR count). The minimum Gasteiger partial charge on any atom is -0.357 e. The van der Waals surface area contributed by atoms with E-state index in [4.69, 9.17) is 11.5 Å². The number of hydrogen-bond acceptors (Lipinski definition) is 3. The topological polar surface area (TPSA) is 49.7 Å². The van der Waals surface area contributed by atoms with Crippen LogP contribution in [0.5, 0.6) is 0 Å². The molecule has 0 aliphatic carbocycles. The Labute approximate surface area is 54.1 Å². The van der Waals surface area contributed by atoms with Gasteiger partial charge in [-0.2, -0.15) is 0 Å². The third-order valence-corrected chi connectivity index (χ3v) is 1.16. The van der Waals surface area contributed by atoms with Crippen molar-refractivity contribution >= 4 is 0 Å². The zero-order chi connectivity index (χ0) is 7.49. The molecule has 0 radical (unpaired) electrons. The fourth-order valence-corrected chi connectivity index (χ4v) is 0.298. The second kappa shape index (κ2) is 2.60. The molecule has 1 N–H and O–H groups in total. The Kier molecular flexibility index (Phi) is 2.35. The molecule has 1 atom stereocenters. The highest BCUT2D eigenvalue weighted by Gasteiger charge is 2.29. The zero-order valence-electron chi connectivity index (χ0n) is 5.46. The third kappa shape index (κ3) is 1.51. The summed E-state index contributed by atoms with van der Waals surface area (Å²) in [7, 11) is 0. The Morgan fingerprint density at radius 3 is 2.22 bits per heavy atom. The maximum atomic E-state index is 9.86. The lowest BCUT2D eigenvalue weighted by atomic mass is 10.0. The van der Waals surface area contributed by atoms with Crippen LogP contribution in [0, 0.1) is 23.2 Å². The lowest BCUT2D eigenvalue weighted by molar-refractivity contribution is 0.0610. The van der Waals surface area contributed by atoms with Gasteiger partial charge in [-0.05, 0) is 11.1 Å². The lowest BCUT2D eigenvalue weighted by Crippen LogP contribution is -2.29. The first-order chi connectivity index (χ1) is 4.06. The van der Waals surface area contributed by atoms with Gasteiger partial charge in [-0.15, -0.1) is 11.3 Å². The number of terminal acetylenes is 1. The first kappa shape index (κ1) is 8.12. The SMILES string of the molecule is C#CC(O)(N=O)C(C)C. The zero-order valence-corrected chi connectivity index (χ0v) is 5.46. The van der Waals surface area contributed by atoms with Gasteiger partial charge >= 0.3 is 0 Å². The fraction of sp³-hybridized carbons (Fsp3) is 0.667. The van der Waals surface area contributed by atoms with Crippen molar-refractivity contribution in [2.24, 2.45) is 11.1 Å². The van der Waals surface area contributed by atoms with E-state index in [0.717, 1.165) is 0 Å². The molecular weight excluding hydrogens is 118 g/mol. The van der Waals surface area contributed by atoms with Gasteiger partial charge in [0, 0.05) is 5.92 Å². The molecule has 0 fully saturated rings. The first-order valence-corrected chi connectivity index (χ1v) is 2.61. The monoisotopic (exact) mass is 127 g/mol. The predicted octanol–water partition coefficient (Wildman–Crippen LogP) is 0.731. The number of nitrogens with zero attached hydrogens (tertiary/aromatic N) is 1. The van der Waals surface area contributed by atoms with Crippen LogP contribution in [0.3, 0.4) is 0 Å². The van der Waals surface area contributed by atoms with E-state index >= 15 is 0 Å². The molecule has 0 aromatic rings. The van der Waals surface area contributed by atoms with Gasteiger partial charge in [-0.1, -0.05) is 13.8 Å². The summed E-state index contributed by atoms with van der Waals surface area (Å²) < 4.78 is 0. The van der Waals surface area contributed by atoms with Crippen molar-refractivity contribution in [2.75, 3.05) is 0 Å². The Bertz CT molecular complexity index is 148. The van der Waals surface area contributed by atoms with Crippen LogP contribution >= 0.6 is 0 Å².